The number of hydrogen-bond acceptors (Lipinski definition) is 3. The number of ether oxygens (including phenoxy) is 1. The van der Waals surface area contributed by atoms with Crippen molar-refractivity contribution in [2.24, 2.45) is 0 Å². The van der Waals surface area contributed by atoms with E-state index in [0.29, 0.717) is 12.2 Å². The molecule has 0 unspecified atom stereocenters. The zero-order chi connectivity index (χ0) is 11.5. The largest absolute Gasteiger partial charge is 0.462 e. The lowest BCUT2D eigenvalue weighted by Gasteiger charge is -2.05. The SMILES string of the molecule is CCOC(=O)c1ccnc2ccc(I)cc12. The van der Waals surface area contributed by atoms with Crippen molar-refractivity contribution < 1.29 is 9.53 Å². The van der Waals surface area contributed by atoms with E-state index >= 15 is 0 Å². The second-order valence-electron chi connectivity index (χ2n) is 3.24. The normalized spacial score (nSPS) is 10.4. The minimum atomic E-state index is -0.295. The quantitative estimate of drug-likeness (QED) is 0.629. The number of benzene rings is 1. The second kappa shape index (κ2) is 4.78. The Bertz CT molecular complexity index is 540. The molecule has 1 aromatic carbocycles. The number of nitrogens with zero attached hydrogens (tertiary/aromatic N) is 1. The lowest BCUT2D eigenvalue weighted by molar-refractivity contribution is 0.0528. The number of rotatable bonds is 2. The Morgan fingerprint density at radius 3 is 3.00 bits per heavy atom. The van der Waals surface area contributed by atoms with Gasteiger partial charge < -0.3 is 4.74 Å². The average molecular weight is 327 g/mol. The molecular weight excluding hydrogens is 317 g/mol. The van der Waals surface area contributed by atoms with Crippen LogP contribution in [-0.4, -0.2) is 17.6 Å². The number of esters is 1. The van der Waals surface area contributed by atoms with Crippen LogP contribution in [0.1, 0.15) is 17.3 Å². The van der Waals surface area contributed by atoms with Gasteiger partial charge in [-0.25, -0.2) is 4.79 Å². The topological polar surface area (TPSA) is 39.2 Å². The Kier molecular flexibility index (Phi) is 3.38. The average Bonchev–Trinajstić information content (AvgIpc) is 2.28. The number of pyridine rings is 1. The number of aromatic nitrogens is 1. The van der Waals surface area contributed by atoms with E-state index in [1.54, 1.807) is 19.2 Å². The predicted octanol–water partition coefficient (Wildman–Crippen LogP) is 3.02. The van der Waals surface area contributed by atoms with E-state index < -0.39 is 0 Å². The summed E-state index contributed by atoms with van der Waals surface area (Å²) in [7, 11) is 0. The van der Waals surface area contributed by atoms with Crippen molar-refractivity contribution in [3.8, 4) is 0 Å². The summed E-state index contributed by atoms with van der Waals surface area (Å²) in [5.74, 6) is -0.295. The number of carbonyl (C=O) groups excluding carboxylic acids is 1. The van der Waals surface area contributed by atoms with Crippen LogP contribution < -0.4 is 0 Å². The second-order valence-corrected chi connectivity index (χ2v) is 4.49. The van der Waals surface area contributed by atoms with Gasteiger partial charge in [0.1, 0.15) is 0 Å². The van der Waals surface area contributed by atoms with Crippen LogP contribution in [0, 0.1) is 3.57 Å². The minimum absolute atomic E-state index is 0.295. The van der Waals surface area contributed by atoms with E-state index in [4.69, 9.17) is 4.74 Å². The van der Waals surface area contributed by atoms with E-state index in [1.807, 2.05) is 18.2 Å². The fourth-order valence-corrected chi connectivity index (χ4v) is 2.00. The van der Waals surface area contributed by atoms with Crippen LogP contribution in [0.3, 0.4) is 0 Å². The Labute approximate surface area is 107 Å². The molecule has 82 valence electrons. The van der Waals surface area contributed by atoms with E-state index in [1.165, 1.54) is 0 Å². The molecule has 3 nitrogen and oxygen atoms in total. The van der Waals surface area contributed by atoms with Gasteiger partial charge >= 0.3 is 5.97 Å². The van der Waals surface area contributed by atoms with Crippen molar-refractivity contribution in [3.05, 3.63) is 39.6 Å². The molecule has 2 aromatic rings. The van der Waals surface area contributed by atoms with Gasteiger partial charge in [0.05, 0.1) is 17.7 Å². The summed E-state index contributed by atoms with van der Waals surface area (Å²) in [6.07, 6.45) is 1.63. The maximum absolute atomic E-state index is 11.7. The highest BCUT2D eigenvalue weighted by molar-refractivity contribution is 14.1. The van der Waals surface area contributed by atoms with Crippen LogP contribution in [-0.2, 0) is 4.74 Å². The lowest BCUT2D eigenvalue weighted by atomic mass is 10.1. The summed E-state index contributed by atoms with van der Waals surface area (Å²) in [6, 6.07) is 7.50. The van der Waals surface area contributed by atoms with Gasteiger partial charge in [0, 0.05) is 15.2 Å². The smallest absolute Gasteiger partial charge is 0.338 e. The Morgan fingerprint density at radius 2 is 2.25 bits per heavy atom. The molecule has 0 saturated carbocycles. The molecule has 0 radical (unpaired) electrons. The number of fused-ring (bicyclic) bond motifs is 1. The summed E-state index contributed by atoms with van der Waals surface area (Å²) < 4.78 is 6.08. The first kappa shape index (κ1) is 11.3. The molecule has 0 spiro atoms. The van der Waals surface area contributed by atoms with E-state index in [0.717, 1.165) is 14.5 Å². The Hall–Kier alpha value is -1.17. The fraction of sp³-hybridized carbons (Fsp3) is 0.167. The van der Waals surface area contributed by atoms with Crippen LogP contribution in [0.15, 0.2) is 30.5 Å². The number of hydrogen-bond donors (Lipinski definition) is 0. The van der Waals surface area contributed by atoms with Gasteiger partial charge in [-0.15, -0.1) is 0 Å². The molecule has 16 heavy (non-hydrogen) atoms. The molecule has 0 amide bonds. The highest BCUT2D eigenvalue weighted by atomic mass is 127. The first-order valence-electron chi connectivity index (χ1n) is 4.93. The number of halogens is 1. The van der Waals surface area contributed by atoms with E-state index in [-0.39, 0.29) is 5.97 Å². The van der Waals surface area contributed by atoms with Crippen molar-refractivity contribution in [3.63, 3.8) is 0 Å². The first-order chi connectivity index (χ1) is 7.72. The Morgan fingerprint density at radius 1 is 1.44 bits per heavy atom. The summed E-state index contributed by atoms with van der Waals surface area (Å²) in [6.45, 7) is 2.18. The van der Waals surface area contributed by atoms with Gasteiger partial charge in [-0.05, 0) is 53.8 Å². The zero-order valence-corrected chi connectivity index (χ0v) is 10.9. The van der Waals surface area contributed by atoms with Crippen molar-refractivity contribution in [1.29, 1.82) is 0 Å². The molecule has 0 aliphatic heterocycles. The van der Waals surface area contributed by atoms with Crippen molar-refractivity contribution in [2.45, 2.75) is 6.92 Å². The molecule has 2 rings (SSSR count). The molecule has 0 aliphatic carbocycles. The third kappa shape index (κ3) is 2.16. The monoisotopic (exact) mass is 327 g/mol. The van der Waals surface area contributed by atoms with E-state index in [9.17, 15) is 4.79 Å². The van der Waals surface area contributed by atoms with Gasteiger partial charge in [-0.1, -0.05) is 0 Å². The summed E-state index contributed by atoms with van der Waals surface area (Å²) >= 11 is 2.21. The van der Waals surface area contributed by atoms with Crippen LogP contribution in [0.4, 0.5) is 0 Å². The van der Waals surface area contributed by atoms with Gasteiger partial charge in [0.15, 0.2) is 0 Å². The van der Waals surface area contributed by atoms with Crippen LogP contribution >= 0.6 is 22.6 Å². The lowest BCUT2D eigenvalue weighted by Crippen LogP contribution is -2.05. The third-order valence-electron chi connectivity index (χ3n) is 2.20. The maximum Gasteiger partial charge on any atom is 0.338 e. The molecule has 0 atom stereocenters. The van der Waals surface area contributed by atoms with Gasteiger partial charge in [0.2, 0.25) is 0 Å². The van der Waals surface area contributed by atoms with Gasteiger partial charge in [-0.2, -0.15) is 0 Å². The molecular formula is C12H10INO2. The molecule has 0 fully saturated rings. The summed E-state index contributed by atoms with van der Waals surface area (Å²) in [4.78, 5) is 15.9. The standard InChI is InChI=1S/C12H10INO2/c1-2-16-12(15)9-5-6-14-11-4-3-8(13)7-10(9)11/h3-7H,2H2,1H3. The third-order valence-corrected chi connectivity index (χ3v) is 2.87. The molecule has 4 heteroatoms. The summed E-state index contributed by atoms with van der Waals surface area (Å²) in [5, 5.41) is 0.841. The van der Waals surface area contributed by atoms with E-state index in [2.05, 4.69) is 27.6 Å². The summed E-state index contributed by atoms with van der Waals surface area (Å²) in [5.41, 5.74) is 1.39. The van der Waals surface area contributed by atoms with Crippen molar-refractivity contribution >= 4 is 39.5 Å². The molecule has 1 aromatic heterocycles. The highest BCUT2D eigenvalue weighted by Crippen LogP contribution is 2.20. The minimum Gasteiger partial charge on any atom is -0.462 e. The van der Waals surface area contributed by atoms with Crippen LogP contribution in [0.5, 0.6) is 0 Å². The molecule has 0 N–H and O–H groups in total. The molecule has 1 heterocycles. The zero-order valence-electron chi connectivity index (χ0n) is 8.74. The van der Waals surface area contributed by atoms with Crippen LogP contribution in [0.2, 0.25) is 0 Å². The molecule has 0 bridgehead atoms. The van der Waals surface area contributed by atoms with Gasteiger partial charge in [-0.3, -0.25) is 4.98 Å². The molecule has 0 saturated heterocycles. The molecule has 0 aliphatic rings. The first-order valence-corrected chi connectivity index (χ1v) is 6.01. The Balaban J connectivity index is 2.60. The van der Waals surface area contributed by atoms with Crippen molar-refractivity contribution in [2.75, 3.05) is 6.61 Å². The van der Waals surface area contributed by atoms with Crippen molar-refractivity contribution in [1.82, 2.24) is 4.98 Å². The van der Waals surface area contributed by atoms with Gasteiger partial charge in [0.25, 0.3) is 0 Å². The maximum atomic E-state index is 11.7. The number of carbonyl (C=O) groups is 1. The highest BCUT2D eigenvalue weighted by Gasteiger charge is 2.11. The predicted molar refractivity (Wildman–Crippen MR) is 70.4 cm³/mol. The van der Waals surface area contributed by atoms with Crippen LogP contribution in [0.25, 0.3) is 10.9 Å². The fourth-order valence-electron chi connectivity index (χ4n) is 1.51.